The Hall–Kier alpha value is -1.12. The van der Waals surface area contributed by atoms with E-state index in [1.807, 2.05) is 23.5 Å². The van der Waals surface area contributed by atoms with E-state index in [-0.39, 0.29) is 4.08 Å². The highest BCUT2D eigenvalue weighted by Crippen LogP contribution is 2.41. The maximum atomic E-state index is 2.44. The van der Waals surface area contributed by atoms with E-state index in [9.17, 15) is 0 Å². The predicted molar refractivity (Wildman–Crippen MR) is 157 cm³/mol. The number of rotatable bonds is 14. The van der Waals surface area contributed by atoms with Crippen LogP contribution in [0.3, 0.4) is 0 Å². The lowest BCUT2D eigenvalue weighted by molar-refractivity contribution is 0.899. The molecule has 0 N–H and O–H groups in total. The van der Waals surface area contributed by atoms with Crippen molar-refractivity contribution >= 4 is 23.5 Å². The second kappa shape index (κ2) is 15.7. The van der Waals surface area contributed by atoms with Gasteiger partial charge in [-0.05, 0) is 124 Å². The van der Waals surface area contributed by atoms with Crippen molar-refractivity contribution in [1.29, 1.82) is 0 Å². The van der Waals surface area contributed by atoms with Gasteiger partial charge in [0.1, 0.15) is 0 Å². The third-order valence-electron chi connectivity index (χ3n) is 5.58. The third-order valence-corrected chi connectivity index (χ3v) is 8.17. The highest BCUT2D eigenvalue weighted by Gasteiger charge is 2.19. The summed E-state index contributed by atoms with van der Waals surface area (Å²) in [5.41, 5.74) is 8.68. The molecule has 2 heteroatoms. The number of hydrogen-bond acceptors (Lipinski definition) is 2. The monoisotopic (exact) mass is 484 g/mol. The molecule has 0 fully saturated rings. The molecule has 0 saturated carbocycles. The molecule has 0 aliphatic rings. The van der Waals surface area contributed by atoms with Gasteiger partial charge in [-0.25, -0.2) is 0 Å². The maximum absolute atomic E-state index is 2.44. The van der Waals surface area contributed by atoms with Crippen molar-refractivity contribution in [2.75, 3.05) is 5.75 Å². The van der Waals surface area contributed by atoms with Crippen LogP contribution in [0.2, 0.25) is 0 Å². The first kappa shape index (κ1) is 29.9. The van der Waals surface area contributed by atoms with Crippen LogP contribution in [-0.2, 0) is 0 Å². The Morgan fingerprint density at radius 2 is 1.15 bits per heavy atom. The van der Waals surface area contributed by atoms with Crippen molar-refractivity contribution in [2.45, 2.75) is 110 Å². The van der Waals surface area contributed by atoms with Crippen LogP contribution >= 0.6 is 23.5 Å². The van der Waals surface area contributed by atoms with Gasteiger partial charge in [-0.3, -0.25) is 0 Å². The summed E-state index contributed by atoms with van der Waals surface area (Å²) >= 11 is 4.01. The average molecular weight is 485 g/mol. The predicted octanol–water partition coefficient (Wildman–Crippen LogP) is 11.0. The molecule has 1 aromatic carbocycles. The Morgan fingerprint density at radius 3 is 1.64 bits per heavy atom. The summed E-state index contributed by atoms with van der Waals surface area (Å²) in [7, 11) is 0. The lowest BCUT2D eigenvalue weighted by Crippen LogP contribution is -2.09. The van der Waals surface area contributed by atoms with Crippen molar-refractivity contribution < 1.29 is 0 Å². The van der Waals surface area contributed by atoms with Crippen molar-refractivity contribution in [1.82, 2.24) is 0 Å². The quantitative estimate of drug-likeness (QED) is 0.146. The fourth-order valence-corrected chi connectivity index (χ4v) is 6.23. The largest absolute Gasteiger partial charge is 0.140 e. The van der Waals surface area contributed by atoms with E-state index in [0.717, 1.165) is 12.2 Å². The summed E-state index contributed by atoms with van der Waals surface area (Å²) < 4.78 is 0.171. The highest BCUT2D eigenvalue weighted by atomic mass is 32.2. The summed E-state index contributed by atoms with van der Waals surface area (Å²) in [6.07, 6.45) is 16.7. The molecule has 0 radical (unpaired) electrons. The van der Waals surface area contributed by atoms with Gasteiger partial charge in [0.25, 0.3) is 0 Å². The van der Waals surface area contributed by atoms with Gasteiger partial charge < -0.3 is 0 Å². The maximum Gasteiger partial charge on any atom is 0.0605 e. The zero-order chi connectivity index (χ0) is 24.9. The van der Waals surface area contributed by atoms with E-state index in [2.05, 4.69) is 105 Å². The lowest BCUT2D eigenvalue weighted by Gasteiger charge is -2.23. The second-order valence-electron chi connectivity index (χ2n) is 10.2. The molecule has 0 bridgehead atoms. The van der Waals surface area contributed by atoms with Crippen LogP contribution in [0.15, 0.2) is 69.7 Å². The average Bonchev–Trinajstić information content (AvgIpc) is 2.66. The molecule has 0 aliphatic carbocycles. The smallest absolute Gasteiger partial charge is 0.0605 e. The minimum absolute atomic E-state index is 0.171. The number of hydrogen-bond donors (Lipinski definition) is 0. The Morgan fingerprint density at radius 1 is 0.697 bits per heavy atom. The van der Waals surface area contributed by atoms with Gasteiger partial charge in [0.2, 0.25) is 0 Å². The van der Waals surface area contributed by atoms with E-state index in [1.165, 1.54) is 70.4 Å². The number of thioether (sulfide) groups is 2. The summed E-state index contributed by atoms with van der Waals surface area (Å²) in [5.74, 6) is 1.08. The van der Waals surface area contributed by atoms with Crippen LogP contribution in [0.25, 0.3) is 0 Å². The fraction of sp³-hybridized carbons (Fsp3) is 0.548. The Kier molecular flexibility index (Phi) is 14.2. The minimum atomic E-state index is 0.171. The number of allylic oxidation sites excluding steroid dienone is 7. The van der Waals surface area contributed by atoms with Crippen LogP contribution in [0.4, 0.5) is 0 Å². The Balaban J connectivity index is 2.35. The van der Waals surface area contributed by atoms with Gasteiger partial charge in [-0.15, -0.1) is 23.5 Å². The van der Waals surface area contributed by atoms with E-state index in [4.69, 9.17) is 0 Å². The molecule has 0 nitrogen and oxygen atoms in total. The van der Waals surface area contributed by atoms with E-state index >= 15 is 0 Å². The lowest BCUT2D eigenvalue weighted by atomic mass is 10.0. The molecule has 1 rings (SSSR count). The van der Waals surface area contributed by atoms with Crippen molar-refractivity contribution in [3.05, 3.63) is 75.9 Å². The molecule has 0 aromatic heterocycles. The molecule has 0 atom stereocenters. The van der Waals surface area contributed by atoms with Gasteiger partial charge in [0.05, 0.1) is 4.08 Å². The Bertz CT molecular complexity index is 825. The molecule has 0 aliphatic heterocycles. The zero-order valence-corrected chi connectivity index (χ0v) is 24.4. The molecule has 0 spiro atoms. The van der Waals surface area contributed by atoms with Crippen molar-refractivity contribution in [3.8, 4) is 0 Å². The fourth-order valence-electron chi connectivity index (χ4n) is 3.68. The van der Waals surface area contributed by atoms with Gasteiger partial charge in [0, 0.05) is 10.6 Å². The van der Waals surface area contributed by atoms with E-state index in [0.29, 0.717) is 0 Å². The molecular formula is C31H48S2. The van der Waals surface area contributed by atoms with Crippen molar-refractivity contribution in [3.63, 3.8) is 0 Å². The molecule has 0 heterocycles. The minimum Gasteiger partial charge on any atom is -0.140 e. The molecule has 33 heavy (non-hydrogen) atoms. The van der Waals surface area contributed by atoms with Crippen LogP contribution in [-0.4, -0.2) is 9.83 Å². The van der Waals surface area contributed by atoms with Crippen molar-refractivity contribution in [2.24, 2.45) is 0 Å². The second-order valence-corrected chi connectivity index (χ2v) is 13.8. The molecule has 184 valence electrons. The topological polar surface area (TPSA) is 0 Å². The van der Waals surface area contributed by atoms with E-state index in [1.54, 1.807) is 0 Å². The highest BCUT2D eigenvalue weighted by molar-refractivity contribution is 8.18. The first-order chi connectivity index (χ1) is 15.5. The normalized spacial score (nSPS) is 13.4. The number of aryl methyl sites for hydroxylation is 2. The third kappa shape index (κ3) is 15.4. The van der Waals surface area contributed by atoms with Crippen LogP contribution < -0.4 is 0 Å². The van der Waals surface area contributed by atoms with Crippen LogP contribution in [0.1, 0.15) is 98.1 Å². The first-order valence-corrected chi connectivity index (χ1v) is 14.3. The van der Waals surface area contributed by atoms with Gasteiger partial charge >= 0.3 is 0 Å². The standard InChI is InChI=1S/C31H48S2/c1-24(2)13-10-14-25(3)15-11-16-26(4)17-12-18-27(5)19-20-32-31(8,9)33-30-22-28(6)21-29(7)23-30/h13,15,17,19,21-23H,10-12,14,16,18,20H2,1-9H3/b25-15+,26-17+,27-19+. The molecular weight excluding hydrogens is 436 g/mol. The van der Waals surface area contributed by atoms with Gasteiger partial charge in [0.15, 0.2) is 0 Å². The van der Waals surface area contributed by atoms with Crippen LogP contribution in [0.5, 0.6) is 0 Å². The SMILES string of the molecule is CC(C)=CCC/C(C)=C/CC/C(C)=C/CC/C(C)=C/CSC(C)(C)Sc1cc(C)cc(C)c1. The Labute approximate surface area is 214 Å². The summed E-state index contributed by atoms with van der Waals surface area (Å²) in [6, 6.07) is 6.85. The molecule has 1 aromatic rings. The first-order valence-electron chi connectivity index (χ1n) is 12.5. The summed E-state index contributed by atoms with van der Waals surface area (Å²) in [6.45, 7) is 20.2. The summed E-state index contributed by atoms with van der Waals surface area (Å²) in [5, 5.41) is 0. The van der Waals surface area contributed by atoms with Gasteiger partial charge in [-0.1, -0.05) is 52.7 Å². The van der Waals surface area contributed by atoms with Gasteiger partial charge in [-0.2, -0.15) is 0 Å². The summed E-state index contributed by atoms with van der Waals surface area (Å²) in [4.78, 5) is 1.38. The molecule has 0 amide bonds. The molecule has 0 unspecified atom stereocenters. The number of benzene rings is 1. The van der Waals surface area contributed by atoms with Crippen LogP contribution in [0, 0.1) is 13.8 Å². The molecule has 0 saturated heterocycles. The zero-order valence-electron chi connectivity index (χ0n) is 22.8. The van der Waals surface area contributed by atoms with E-state index < -0.39 is 0 Å².